The van der Waals surface area contributed by atoms with Crippen molar-refractivity contribution in [1.29, 1.82) is 0 Å². The molecule has 5 heteroatoms. The summed E-state index contributed by atoms with van der Waals surface area (Å²) in [6.07, 6.45) is 3.61. The number of fused-ring (bicyclic) bond motifs is 1. The normalized spacial score (nSPS) is 22.0. The van der Waals surface area contributed by atoms with Gasteiger partial charge in [0.2, 0.25) is 0 Å². The molecular weight excluding hydrogens is 362 g/mol. The molecule has 2 saturated heterocycles. The number of nitrogens with zero attached hydrogens (tertiary/aromatic N) is 3. The zero-order valence-corrected chi connectivity index (χ0v) is 16.9. The number of amides is 3. The molecule has 5 rings (SSSR count). The zero-order valence-electron chi connectivity index (χ0n) is 16.9. The molecule has 0 atom stereocenters. The number of rotatable bonds is 3. The van der Waals surface area contributed by atoms with Gasteiger partial charge in [0.15, 0.2) is 0 Å². The number of benzene rings is 2. The number of likely N-dealkylation sites (N-methyl/N-ethyl adjacent to an activating group) is 1. The second-order valence-corrected chi connectivity index (χ2v) is 8.62. The number of hydrogen-bond donors (Lipinski definition) is 0. The predicted molar refractivity (Wildman–Crippen MR) is 111 cm³/mol. The molecule has 3 aliphatic rings. The Bertz CT molecular complexity index is 909. The van der Waals surface area contributed by atoms with Crippen molar-refractivity contribution in [2.24, 2.45) is 0 Å². The van der Waals surface area contributed by atoms with Gasteiger partial charge in [-0.3, -0.25) is 14.6 Å². The van der Waals surface area contributed by atoms with E-state index in [1.165, 1.54) is 16.0 Å². The molecule has 0 aromatic heterocycles. The monoisotopic (exact) mass is 389 g/mol. The minimum Gasteiger partial charge on any atom is -0.312 e. The minimum absolute atomic E-state index is 0.0248. The quantitative estimate of drug-likeness (QED) is 0.758. The van der Waals surface area contributed by atoms with Crippen LogP contribution in [0.5, 0.6) is 0 Å². The first-order chi connectivity index (χ1) is 14.1. The molecule has 150 valence electrons. The van der Waals surface area contributed by atoms with E-state index >= 15 is 0 Å². The van der Waals surface area contributed by atoms with Gasteiger partial charge in [-0.1, -0.05) is 54.6 Å². The first-order valence-corrected chi connectivity index (χ1v) is 10.5. The summed E-state index contributed by atoms with van der Waals surface area (Å²) in [7, 11) is 1.80. The first kappa shape index (κ1) is 18.4. The molecule has 2 heterocycles. The van der Waals surface area contributed by atoms with Gasteiger partial charge in [-0.15, -0.1) is 0 Å². The highest BCUT2D eigenvalue weighted by atomic mass is 16.2. The number of carbonyl (C=O) groups is 2. The number of likely N-dealkylation sites (tertiary alicyclic amines) is 1. The van der Waals surface area contributed by atoms with E-state index in [4.69, 9.17) is 0 Å². The fourth-order valence-electron chi connectivity index (χ4n) is 5.35. The van der Waals surface area contributed by atoms with Gasteiger partial charge in [0.1, 0.15) is 5.54 Å². The summed E-state index contributed by atoms with van der Waals surface area (Å²) < 4.78 is 0. The fraction of sp³-hybridized carbons (Fsp3) is 0.417. The molecule has 0 saturated carbocycles. The summed E-state index contributed by atoms with van der Waals surface area (Å²) >= 11 is 0. The lowest BCUT2D eigenvalue weighted by atomic mass is 9.85. The van der Waals surface area contributed by atoms with Crippen molar-refractivity contribution in [1.82, 2.24) is 14.7 Å². The van der Waals surface area contributed by atoms with Gasteiger partial charge in [0.25, 0.3) is 5.91 Å². The topological polar surface area (TPSA) is 43.9 Å². The molecular formula is C24H27N3O2. The Hall–Kier alpha value is -2.66. The van der Waals surface area contributed by atoms with E-state index in [1.807, 2.05) is 30.3 Å². The predicted octanol–water partition coefficient (Wildman–Crippen LogP) is 3.08. The molecule has 2 aliphatic heterocycles. The van der Waals surface area contributed by atoms with Crippen molar-refractivity contribution >= 4 is 11.9 Å². The SMILES string of the molecule is CN1C(=O)N(Cc2ccccc2)C(=O)C12CCN(C1Cc3ccccc3C1)CC2. The molecule has 0 radical (unpaired) electrons. The standard InChI is InChI=1S/C24H27N3O2/c1-25-23(29)27(17-18-7-3-2-4-8-18)22(28)24(25)11-13-26(14-12-24)21-15-19-9-5-6-10-20(19)16-21/h2-10,21H,11-17H2,1H3. The minimum atomic E-state index is -0.673. The third kappa shape index (κ3) is 2.96. The zero-order chi connectivity index (χ0) is 20.0. The molecule has 1 aliphatic carbocycles. The summed E-state index contributed by atoms with van der Waals surface area (Å²) in [5.74, 6) is -0.0248. The van der Waals surface area contributed by atoms with Gasteiger partial charge < -0.3 is 4.90 Å². The van der Waals surface area contributed by atoms with Crippen LogP contribution < -0.4 is 0 Å². The van der Waals surface area contributed by atoms with Gasteiger partial charge in [0.05, 0.1) is 6.54 Å². The van der Waals surface area contributed by atoms with Crippen LogP contribution in [0.2, 0.25) is 0 Å². The molecule has 2 fully saturated rings. The Labute approximate surface area is 171 Å². The molecule has 29 heavy (non-hydrogen) atoms. The maximum atomic E-state index is 13.4. The Balaban J connectivity index is 1.29. The van der Waals surface area contributed by atoms with Crippen LogP contribution in [0.4, 0.5) is 4.79 Å². The maximum absolute atomic E-state index is 13.4. The third-order valence-corrected chi connectivity index (χ3v) is 7.16. The van der Waals surface area contributed by atoms with Gasteiger partial charge in [0, 0.05) is 26.2 Å². The van der Waals surface area contributed by atoms with Crippen molar-refractivity contribution in [2.45, 2.75) is 43.8 Å². The van der Waals surface area contributed by atoms with E-state index in [0.717, 1.165) is 31.5 Å². The fourth-order valence-corrected chi connectivity index (χ4v) is 5.35. The Morgan fingerprint density at radius 3 is 2.10 bits per heavy atom. The summed E-state index contributed by atoms with van der Waals surface area (Å²) in [5, 5.41) is 0. The van der Waals surface area contributed by atoms with Crippen molar-refractivity contribution in [3.8, 4) is 0 Å². The molecule has 2 aromatic rings. The van der Waals surface area contributed by atoms with Crippen molar-refractivity contribution < 1.29 is 9.59 Å². The van der Waals surface area contributed by atoms with E-state index in [1.54, 1.807) is 11.9 Å². The summed E-state index contributed by atoms with van der Waals surface area (Å²) in [5.41, 5.74) is 3.22. The highest BCUT2D eigenvalue weighted by molar-refractivity contribution is 6.06. The second kappa shape index (κ2) is 6.99. The average Bonchev–Trinajstić information content (AvgIpc) is 3.26. The van der Waals surface area contributed by atoms with Crippen LogP contribution >= 0.6 is 0 Å². The van der Waals surface area contributed by atoms with E-state index in [2.05, 4.69) is 29.2 Å². The van der Waals surface area contributed by atoms with Crippen LogP contribution in [0.25, 0.3) is 0 Å². The maximum Gasteiger partial charge on any atom is 0.327 e. The van der Waals surface area contributed by atoms with E-state index in [0.29, 0.717) is 25.4 Å². The van der Waals surface area contributed by atoms with Crippen LogP contribution in [-0.4, -0.2) is 58.4 Å². The van der Waals surface area contributed by atoms with Crippen molar-refractivity contribution in [3.05, 3.63) is 71.3 Å². The van der Waals surface area contributed by atoms with Crippen LogP contribution in [0.3, 0.4) is 0 Å². The first-order valence-electron chi connectivity index (χ1n) is 10.5. The van der Waals surface area contributed by atoms with Gasteiger partial charge in [-0.05, 0) is 42.4 Å². The van der Waals surface area contributed by atoms with E-state index in [9.17, 15) is 9.59 Å². The van der Waals surface area contributed by atoms with Crippen LogP contribution in [0.15, 0.2) is 54.6 Å². The van der Waals surface area contributed by atoms with Crippen molar-refractivity contribution in [3.63, 3.8) is 0 Å². The molecule has 1 spiro atoms. The highest BCUT2D eigenvalue weighted by Gasteiger charge is 2.56. The van der Waals surface area contributed by atoms with Gasteiger partial charge in [-0.25, -0.2) is 4.79 Å². The lowest BCUT2D eigenvalue weighted by Crippen LogP contribution is -2.57. The average molecular weight is 389 g/mol. The van der Waals surface area contributed by atoms with Gasteiger partial charge >= 0.3 is 6.03 Å². The largest absolute Gasteiger partial charge is 0.327 e. The molecule has 5 nitrogen and oxygen atoms in total. The lowest BCUT2D eigenvalue weighted by molar-refractivity contribution is -0.135. The second-order valence-electron chi connectivity index (χ2n) is 8.62. The number of carbonyl (C=O) groups excluding carboxylic acids is 2. The van der Waals surface area contributed by atoms with Gasteiger partial charge in [-0.2, -0.15) is 0 Å². The van der Waals surface area contributed by atoms with Crippen LogP contribution in [0.1, 0.15) is 29.5 Å². The highest BCUT2D eigenvalue weighted by Crippen LogP contribution is 2.38. The summed E-state index contributed by atoms with van der Waals surface area (Å²) in [6.45, 7) is 2.08. The molecule has 0 N–H and O–H groups in total. The number of piperidine rings is 1. The van der Waals surface area contributed by atoms with E-state index in [-0.39, 0.29) is 11.9 Å². The smallest absolute Gasteiger partial charge is 0.312 e. The van der Waals surface area contributed by atoms with Crippen LogP contribution in [0, 0.1) is 0 Å². The van der Waals surface area contributed by atoms with Crippen LogP contribution in [-0.2, 0) is 24.2 Å². The lowest BCUT2D eigenvalue weighted by Gasteiger charge is -2.43. The Morgan fingerprint density at radius 2 is 1.48 bits per heavy atom. The molecule has 0 unspecified atom stereocenters. The summed E-state index contributed by atoms with van der Waals surface area (Å²) in [4.78, 5) is 31.9. The summed E-state index contributed by atoms with van der Waals surface area (Å²) in [6, 6.07) is 18.8. The molecule has 0 bridgehead atoms. The third-order valence-electron chi connectivity index (χ3n) is 7.16. The number of imide groups is 1. The molecule has 3 amide bonds. The van der Waals surface area contributed by atoms with E-state index < -0.39 is 5.54 Å². The number of hydrogen-bond acceptors (Lipinski definition) is 3. The Morgan fingerprint density at radius 1 is 0.897 bits per heavy atom. The molecule has 2 aromatic carbocycles. The van der Waals surface area contributed by atoms with Crippen molar-refractivity contribution in [2.75, 3.05) is 20.1 Å². The Kier molecular flexibility index (Phi) is 4.43. The number of urea groups is 1.